The van der Waals surface area contributed by atoms with E-state index in [1.807, 2.05) is 0 Å². The molecule has 0 bridgehead atoms. The summed E-state index contributed by atoms with van der Waals surface area (Å²) in [5.74, 6) is 1.58. The van der Waals surface area contributed by atoms with Gasteiger partial charge in [-0.1, -0.05) is 13.8 Å². The Balaban J connectivity index is 1.26. The summed E-state index contributed by atoms with van der Waals surface area (Å²) >= 11 is 0. The van der Waals surface area contributed by atoms with E-state index in [-0.39, 0.29) is 30.1 Å². The smallest absolute Gasteiger partial charge is 0.317 e. The average molecular weight is 483 g/mol. The minimum Gasteiger partial charge on any atom is -0.486 e. The zero-order valence-corrected chi connectivity index (χ0v) is 20.2. The van der Waals surface area contributed by atoms with Crippen LogP contribution in [-0.4, -0.2) is 107 Å². The van der Waals surface area contributed by atoms with Crippen LogP contribution in [0.15, 0.2) is 23.1 Å². The SMILES string of the molecule is CC(C)CN1CCO[C@H](CNC(=O)N2CCN(S(=O)(=O)c3ccc4c(c3)OCCO4)CC2)C1. The molecule has 1 N–H and O–H groups in total. The van der Waals surface area contributed by atoms with Crippen molar-refractivity contribution in [2.75, 3.05) is 72.2 Å². The van der Waals surface area contributed by atoms with Crippen molar-refractivity contribution in [1.29, 1.82) is 0 Å². The molecule has 4 rings (SSSR count). The highest BCUT2D eigenvalue weighted by molar-refractivity contribution is 7.89. The Bertz CT molecular complexity index is 933. The van der Waals surface area contributed by atoms with Crippen molar-refractivity contribution in [2.45, 2.75) is 24.8 Å². The van der Waals surface area contributed by atoms with Crippen molar-refractivity contribution < 1.29 is 27.4 Å². The zero-order chi connectivity index (χ0) is 23.4. The predicted molar refractivity (Wildman–Crippen MR) is 122 cm³/mol. The monoisotopic (exact) mass is 482 g/mol. The van der Waals surface area contributed by atoms with Gasteiger partial charge in [0.2, 0.25) is 10.0 Å². The molecule has 1 aromatic rings. The Labute approximate surface area is 195 Å². The van der Waals surface area contributed by atoms with Crippen LogP contribution in [0.3, 0.4) is 0 Å². The van der Waals surface area contributed by atoms with Crippen LogP contribution in [0.1, 0.15) is 13.8 Å². The number of nitrogens with zero attached hydrogens (tertiary/aromatic N) is 3. The number of benzene rings is 1. The standard InChI is InChI=1S/C22H34N4O6S/c1-17(2)15-24-9-10-30-18(16-24)14-23-22(27)25-5-7-26(8-6-25)33(28,29)19-3-4-20-21(13-19)32-12-11-31-20/h3-4,13,17-18H,5-12,14-16H2,1-2H3,(H,23,27)/t18-/m1/s1. The third-order valence-electron chi connectivity index (χ3n) is 6.00. The number of carbonyl (C=O) groups excluding carboxylic acids is 1. The molecule has 0 aliphatic carbocycles. The van der Waals surface area contributed by atoms with Crippen molar-refractivity contribution in [3.8, 4) is 11.5 Å². The summed E-state index contributed by atoms with van der Waals surface area (Å²) in [5.41, 5.74) is 0. The molecule has 0 radical (unpaired) electrons. The van der Waals surface area contributed by atoms with Gasteiger partial charge in [-0.3, -0.25) is 4.90 Å². The van der Waals surface area contributed by atoms with Crippen molar-refractivity contribution >= 4 is 16.1 Å². The number of sulfonamides is 1. The van der Waals surface area contributed by atoms with Gasteiger partial charge in [0, 0.05) is 58.4 Å². The highest BCUT2D eigenvalue weighted by atomic mass is 32.2. The highest BCUT2D eigenvalue weighted by Crippen LogP contribution is 2.33. The second kappa shape index (κ2) is 10.5. The molecule has 0 unspecified atom stereocenters. The lowest BCUT2D eigenvalue weighted by Crippen LogP contribution is -2.55. The Hall–Kier alpha value is -2.08. The van der Waals surface area contributed by atoms with Gasteiger partial charge in [0.1, 0.15) is 13.2 Å². The van der Waals surface area contributed by atoms with Crippen LogP contribution in [0.4, 0.5) is 4.79 Å². The first-order valence-electron chi connectivity index (χ1n) is 11.6. The van der Waals surface area contributed by atoms with E-state index < -0.39 is 10.0 Å². The van der Waals surface area contributed by atoms with Crippen molar-refractivity contribution in [2.24, 2.45) is 5.92 Å². The first-order chi connectivity index (χ1) is 15.8. The molecule has 3 aliphatic heterocycles. The number of rotatable bonds is 6. The first-order valence-corrected chi connectivity index (χ1v) is 13.0. The van der Waals surface area contributed by atoms with Gasteiger partial charge in [0.25, 0.3) is 0 Å². The largest absolute Gasteiger partial charge is 0.486 e. The van der Waals surface area contributed by atoms with E-state index in [2.05, 4.69) is 24.1 Å². The quantitative estimate of drug-likeness (QED) is 0.641. The second-order valence-electron chi connectivity index (χ2n) is 9.03. The van der Waals surface area contributed by atoms with Crippen molar-refractivity contribution in [1.82, 2.24) is 19.4 Å². The topological polar surface area (TPSA) is 101 Å². The van der Waals surface area contributed by atoms with Crippen LogP contribution >= 0.6 is 0 Å². The minimum absolute atomic E-state index is 0.0293. The summed E-state index contributed by atoms with van der Waals surface area (Å²) in [4.78, 5) is 16.8. The van der Waals surface area contributed by atoms with Crippen LogP contribution in [0.5, 0.6) is 11.5 Å². The fourth-order valence-corrected chi connectivity index (χ4v) is 5.80. The fraction of sp³-hybridized carbons (Fsp3) is 0.682. The Morgan fingerprint density at radius 1 is 1.06 bits per heavy atom. The number of carbonyl (C=O) groups is 1. The molecule has 11 heteroatoms. The van der Waals surface area contributed by atoms with Gasteiger partial charge < -0.3 is 24.4 Å². The summed E-state index contributed by atoms with van der Waals surface area (Å²) in [7, 11) is -3.68. The molecule has 2 saturated heterocycles. The maximum atomic E-state index is 13.1. The van der Waals surface area contributed by atoms with Gasteiger partial charge in [-0.25, -0.2) is 13.2 Å². The van der Waals surface area contributed by atoms with Gasteiger partial charge in [-0.15, -0.1) is 0 Å². The van der Waals surface area contributed by atoms with E-state index in [0.29, 0.717) is 56.9 Å². The van der Waals surface area contributed by atoms with Gasteiger partial charge in [0.15, 0.2) is 11.5 Å². The Morgan fingerprint density at radius 2 is 1.79 bits per heavy atom. The molecule has 33 heavy (non-hydrogen) atoms. The molecule has 0 spiro atoms. The molecule has 2 amide bonds. The van der Waals surface area contributed by atoms with E-state index >= 15 is 0 Å². The zero-order valence-electron chi connectivity index (χ0n) is 19.4. The molecule has 0 aromatic heterocycles. The summed E-state index contributed by atoms with van der Waals surface area (Å²) in [5, 5.41) is 2.95. The minimum atomic E-state index is -3.68. The van der Waals surface area contributed by atoms with Crippen LogP contribution in [0, 0.1) is 5.92 Å². The molecule has 2 fully saturated rings. The Kier molecular flexibility index (Phi) is 7.62. The van der Waals surface area contributed by atoms with Crippen LogP contribution < -0.4 is 14.8 Å². The van der Waals surface area contributed by atoms with Gasteiger partial charge in [-0.2, -0.15) is 4.31 Å². The molecular formula is C22H34N4O6S. The number of nitrogens with one attached hydrogen (secondary N) is 1. The van der Waals surface area contributed by atoms with E-state index in [9.17, 15) is 13.2 Å². The van der Waals surface area contributed by atoms with E-state index in [1.165, 1.54) is 16.4 Å². The number of ether oxygens (including phenoxy) is 3. The molecule has 1 aromatic carbocycles. The van der Waals surface area contributed by atoms with Gasteiger partial charge in [0.05, 0.1) is 17.6 Å². The molecular weight excluding hydrogens is 448 g/mol. The summed E-state index contributed by atoms with van der Waals surface area (Å²) < 4.78 is 44.4. The number of hydrogen-bond donors (Lipinski definition) is 1. The number of piperazine rings is 1. The van der Waals surface area contributed by atoms with Crippen molar-refractivity contribution in [3.63, 3.8) is 0 Å². The molecule has 184 valence electrons. The van der Waals surface area contributed by atoms with Crippen LogP contribution in [0.2, 0.25) is 0 Å². The second-order valence-corrected chi connectivity index (χ2v) is 11.0. The van der Waals surface area contributed by atoms with Crippen LogP contribution in [0.25, 0.3) is 0 Å². The number of hydrogen-bond acceptors (Lipinski definition) is 7. The van der Waals surface area contributed by atoms with Gasteiger partial charge in [-0.05, 0) is 18.1 Å². The molecule has 3 heterocycles. The van der Waals surface area contributed by atoms with Crippen molar-refractivity contribution in [3.05, 3.63) is 18.2 Å². The molecule has 1 atom stereocenters. The third-order valence-corrected chi connectivity index (χ3v) is 7.90. The third kappa shape index (κ3) is 5.89. The average Bonchev–Trinajstić information content (AvgIpc) is 2.82. The molecule has 10 nitrogen and oxygen atoms in total. The van der Waals surface area contributed by atoms with E-state index in [4.69, 9.17) is 14.2 Å². The van der Waals surface area contributed by atoms with E-state index in [1.54, 1.807) is 11.0 Å². The summed E-state index contributed by atoms with van der Waals surface area (Å²) in [6.45, 7) is 10.3. The summed E-state index contributed by atoms with van der Waals surface area (Å²) in [6.07, 6.45) is -0.0293. The summed E-state index contributed by atoms with van der Waals surface area (Å²) in [6, 6.07) is 4.49. The van der Waals surface area contributed by atoms with E-state index in [0.717, 1.165) is 19.6 Å². The first kappa shape index (κ1) is 24.1. The fourth-order valence-electron chi connectivity index (χ4n) is 4.36. The Morgan fingerprint density at radius 3 is 2.52 bits per heavy atom. The number of urea groups is 1. The molecule has 0 saturated carbocycles. The van der Waals surface area contributed by atoms with Gasteiger partial charge >= 0.3 is 6.03 Å². The lowest BCUT2D eigenvalue weighted by Gasteiger charge is -2.36. The highest BCUT2D eigenvalue weighted by Gasteiger charge is 2.31. The lowest BCUT2D eigenvalue weighted by molar-refractivity contribution is -0.0294. The number of morpholine rings is 1. The maximum Gasteiger partial charge on any atom is 0.317 e. The maximum absolute atomic E-state index is 13.1. The molecule has 3 aliphatic rings. The number of amides is 2. The lowest BCUT2D eigenvalue weighted by atomic mass is 10.2. The number of fused-ring (bicyclic) bond motifs is 1. The van der Waals surface area contributed by atoms with Crippen LogP contribution in [-0.2, 0) is 14.8 Å². The predicted octanol–water partition coefficient (Wildman–Crippen LogP) is 0.831. The normalized spacial score (nSPS) is 22.4.